The van der Waals surface area contributed by atoms with Gasteiger partial charge in [0.1, 0.15) is 11.6 Å². The van der Waals surface area contributed by atoms with E-state index in [0.717, 1.165) is 36.6 Å². The smallest absolute Gasteiger partial charge is 0.422 e. The predicted molar refractivity (Wildman–Crippen MR) is 113 cm³/mol. The topological polar surface area (TPSA) is 77.8 Å². The van der Waals surface area contributed by atoms with E-state index in [9.17, 15) is 22.4 Å². The van der Waals surface area contributed by atoms with Crippen LogP contribution in [-0.2, 0) is 0 Å². The van der Waals surface area contributed by atoms with Gasteiger partial charge in [0.2, 0.25) is 0 Å². The molecule has 1 N–H and O–H groups in total. The van der Waals surface area contributed by atoms with Crippen LogP contribution in [0.5, 0.6) is 17.4 Å². The molecule has 12 heteroatoms. The highest BCUT2D eigenvalue weighted by molar-refractivity contribution is 7.99. The minimum atomic E-state index is -4.61. The van der Waals surface area contributed by atoms with Gasteiger partial charge in [-0.25, -0.2) is 13.9 Å². The summed E-state index contributed by atoms with van der Waals surface area (Å²) in [5.41, 5.74) is 0.454. The summed E-state index contributed by atoms with van der Waals surface area (Å²) >= 11 is 1.86. The monoisotopic (exact) mass is 484 g/mol. The molecule has 1 amide bonds. The number of hydrogen-bond donors (Lipinski definition) is 1. The lowest BCUT2D eigenvalue weighted by atomic mass is 9.94. The number of nitrogens with zero attached hydrogens (tertiary/aromatic N) is 3. The Balaban J connectivity index is 1.52. The molecule has 1 aliphatic rings. The average Bonchev–Trinajstić information content (AvgIpc) is 3.17. The number of thioether (sulfide) groups is 1. The fourth-order valence-corrected chi connectivity index (χ4v) is 4.69. The maximum atomic E-state index is 13.5. The van der Waals surface area contributed by atoms with Crippen molar-refractivity contribution in [3.8, 4) is 17.4 Å². The molecule has 4 heterocycles. The number of carbonyl (C=O) groups excluding carboxylic acids is 1. The molecule has 4 rings (SSSR count). The summed E-state index contributed by atoms with van der Waals surface area (Å²) in [6, 6.07) is 5.35. The molecule has 3 aromatic rings. The predicted octanol–water partition coefficient (Wildman–Crippen LogP) is 4.62. The molecule has 0 saturated carbocycles. The number of pyridine rings is 2. The molecule has 0 radical (unpaired) electrons. The molecule has 0 bridgehead atoms. The number of aromatic nitrogens is 3. The van der Waals surface area contributed by atoms with Gasteiger partial charge in [0.05, 0.1) is 11.7 Å². The molecule has 0 unspecified atom stereocenters. The van der Waals surface area contributed by atoms with Crippen molar-refractivity contribution in [3.05, 3.63) is 48.2 Å². The Morgan fingerprint density at radius 2 is 2.03 bits per heavy atom. The van der Waals surface area contributed by atoms with Crippen LogP contribution in [0.1, 0.15) is 30.3 Å². The number of alkyl halides is 3. The van der Waals surface area contributed by atoms with Crippen LogP contribution in [0.2, 0.25) is 0 Å². The standard InChI is InChI=1S/C21H20F4N4O3S/c1-20(3-6-33-7-4-20)27-18(30)16-10-14-9-15(2-5-29(14)28-16)32-19-17(8-13(22)11-26-19)31-12-21(23,24)25/h2,5,8-11H,3-4,6-7,12H2,1H3,(H,27,30). The van der Waals surface area contributed by atoms with Crippen molar-refractivity contribution in [1.82, 2.24) is 19.9 Å². The molecular formula is C21H20F4N4O3S. The fraction of sp³-hybridized carbons (Fsp3) is 0.381. The van der Waals surface area contributed by atoms with Gasteiger partial charge in [-0.15, -0.1) is 0 Å². The first kappa shape index (κ1) is 23.1. The highest BCUT2D eigenvalue weighted by Gasteiger charge is 2.30. The Kier molecular flexibility index (Phi) is 6.37. The lowest BCUT2D eigenvalue weighted by Crippen LogP contribution is -2.48. The van der Waals surface area contributed by atoms with E-state index < -0.39 is 24.3 Å². The van der Waals surface area contributed by atoms with Crippen molar-refractivity contribution in [1.29, 1.82) is 0 Å². The zero-order valence-electron chi connectivity index (χ0n) is 17.5. The second kappa shape index (κ2) is 9.08. The minimum Gasteiger partial charge on any atom is -0.478 e. The third-order valence-electron chi connectivity index (χ3n) is 5.07. The van der Waals surface area contributed by atoms with Crippen molar-refractivity contribution in [3.63, 3.8) is 0 Å². The molecular weight excluding hydrogens is 464 g/mol. The second-order valence-electron chi connectivity index (χ2n) is 7.85. The molecule has 0 aromatic carbocycles. The Hall–Kier alpha value is -3.02. The zero-order chi connectivity index (χ0) is 23.6. The number of carbonyl (C=O) groups is 1. The first-order valence-electron chi connectivity index (χ1n) is 10.0. The van der Waals surface area contributed by atoms with Crippen LogP contribution in [0.25, 0.3) is 5.52 Å². The van der Waals surface area contributed by atoms with E-state index in [1.165, 1.54) is 22.8 Å². The van der Waals surface area contributed by atoms with Gasteiger partial charge in [0, 0.05) is 23.9 Å². The summed E-state index contributed by atoms with van der Waals surface area (Å²) in [7, 11) is 0. The van der Waals surface area contributed by atoms with E-state index in [0.29, 0.717) is 5.52 Å². The number of ether oxygens (including phenoxy) is 2. The second-order valence-corrected chi connectivity index (χ2v) is 9.08. The van der Waals surface area contributed by atoms with E-state index in [1.807, 2.05) is 18.7 Å². The number of amides is 1. The van der Waals surface area contributed by atoms with Crippen LogP contribution < -0.4 is 14.8 Å². The van der Waals surface area contributed by atoms with Gasteiger partial charge in [0.25, 0.3) is 11.8 Å². The molecule has 176 valence electrons. The molecule has 33 heavy (non-hydrogen) atoms. The number of rotatable bonds is 6. The van der Waals surface area contributed by atoms with Crippen molar-refractivity contribution < 1.29 is 31.8 Å². The third kappa shape index (κ3) is 5.86. The minimum absolute atomic E-state index is 0.196. The summed E-state index contributed by atoms with van der Waals surface area (Å²) in [5.74, 6) is 0.181. The molecule has 0 atom stereocenters. The summed E-state index contributed by atoms with van der Waals surface area (Å²) in [6.07, 6.45) is -0.527. The van der Waals surface area contributed by atoms with Crippen LogP contribution in [0, 0.1) is 5.82 Å². The number of halogens is 4. The normalized spacial score (nSPS) is 15.9. The summed E-state index contributed by atoms with van der Waals surface area (Å²) in [6.45, 7) is 0.396. The van der Waals surface area contributed by atoms with Gasteiger partial charge in [-0.2, -0.15) is 30.0 Å². The van der Waals surface area contributed by atoms with Crippen LogP contribution in [-0.4, -0.2) is 50.3 Å². The highest BCUT2D eigenvalue weighted by Crippen LogP contribution is 2.32. The van der Waals surface area contributed by atoms with E-state index in [4.69, 9.17) is 4.74 Å². The molecule has 3 aromatic heterocycles. The van der Waals surface area contributed by atoms with E-state index in [2.05, 4.69) is 20.1 Å². The number of fused-ring (bicyclic) bond motifs is 1. The summed E-state index contributed by atoms with van der Waals surface area (Å²) in [5, 5.41) is 7.32. The van der Waals surface area contributed by atoms with Gasteiger partial charge in [-0.3, -0.25) is 4.79 Å². The number of hydrogen-bond acceptors (Lipinski definition) is 6. The van der Waals surface area contributed by atoms with Gasteiger partial charge < -0.3 is 14.8 Å². The van der Waals surface area contributed by atoms with Gasteiger partial charge in [-0.1, -0.05) is 0 Å². The quantitative estimate of drug-likeness (QED) is 0.515. The lowest BCUT2D eigenvalue weighted by molar-refractivity contribution is -0.153. The van der Waals surface area contributed by atoms with E-state index >= 15 is 0 Å². The average molecular weight is 484 g/mol. The van der Waals surface area contributed by atoms with Crippen LogP contribution in [0.3, 0.4) is 0 Å². The molecule has 0 aliphatic carbocycles. The van der Waals surface area contributed by atoms with Crippen LogP contribution in [0.15, 0.2) is 36.7 Å². The first-order valence-corrected chi connectivity index (χ1v) is 11.2. The SMILES string of the molecule is CC1(NC(=O)c2cc3cc(Oc4ncc(F)cc4OCC(F)(F)F)ccn3n2)CCSCC1. The van der Waals surface area contributed by atoms with Crippen molar-refractivity contribution in [2.45, 2.75) is 31.5 Å². The first-order chi connectivity index (χ1) is 15.6. The summed E-state index contributed by atoms with van der Waals surface area (Å²) < 4.78 is 62.6. The highest BCUT2D eigenvalue weighted by atomic mass is 32.2. The summed E-state index contributed by atoms with van der Waals surface area (Å²) in [4.78, 5) is 16.4. The maximum Gasteiger partial charge on any atom is 0.422 e. The van der Waals surface area contributed by atoms with Crippen LogP contribution >= 0.6 is 11.8 Å². The number of nitrogens with one attached hydrogen (secondary N) is 1. The van der Waals surface area contributed by atoms with E-state index in [1.54, 1.807) is 6.07 Å². The Morgan fingerprint density at radius 1 is 1.27 bits per heavy atom. The molecule has 1 saturated heterocycles. The largest absolute Gasteiger partial charge is 0.478 e. The lowest BCUT2D eigenvalue weighted by Gasteiger charge is -2.33. The molecule has 1 aliphatic heterocycles. The fourth-order valence-electron chi connectivity index (χ4n) is 3.29. The Morgan fingerprint density at radius 3 is 2.76 bits per heavy atom. The van der Waals surface area contributed by atoms with Gasteiger partial charge in [-0.05, 0) is 43.4 Å². The molecule has 7 nitrogen and oxygen atoms in total. The Labute approximate surface area is 190 Å². The van der Waals surface area contributed by atoms with Gasteiger partial charge >= 0.3 is 6.18 Å². The van der Waals surface area contributed by atoms with E-state index in [-0.39, 0.29) is 28.8 Å². The van der Waals surface area contributed by atoms with Gasteiger partial charge in [0.15, 0.2) is 18.1 Å². The van der Waals surface area contributed by atoms with Crippen molar-refractivity contribution >= 4 is 23.2 Å². The third-order valence-corrected chi connectivity index (χ3v) is 6.06. The maximum absolute atomic E-state index is 13.5. The van der Waals surface area contributed by atoms with Crippen LogP contribution in [0.4, 0.5) is 17.6 Å². The Bertz CT molecular complexity index is 1160. The van der Waals surface area contributed by atoms with Crippen molar-refractivity contribution in [2.75, 3.05) is 18.1 Å². The molecule has 1 fully saturated rings. The molecule has 0 spiro atoms. The zero-order valence-corrected chi connectivity index (χ0v) is 18.3. The van der Waals surface area contributed by atoms with Crippen molar-refractivity contribution in [2.24, 2.45) is 0 Å².